The number of hydrogen-bond acceptors (Lipinski definition) is 2. The molecule has 17 heavy (non-hydrogen) atoms. The first-order chi connectivity index (χ1) is 8.01. The summed E-state index contributed by atoms with van der Waals surface area (Å²) in [5, 5.41) is 0. The average molecular weight is 297 g/mol. The van der Waals surface area contributed by atoms with Crippen molar-refractivity contribution in [2.75, 3.05) is 0 Å². The number of halogens is 1. The summed E-state index contributed by atoms with van der Waals surface area (Å²) in [7, 11) is 0. The zero-order valence-electron chi connectivity index (χ0n) is 10.4. The van der Waals surface area contributed by atoms with Gasteiger partial charge in [-0.25, -0.2) is 0 Å². The molecular weight excluding hydrogens is 280 g/mol. The number of hydrogen-bond donors (Lipinski definition) is 0. The Bertz CT molecular complexity index is 434. The number of benzene rings is 1. The molecule has 0 bridgehead atoms. The molecule has 0 saturated carbocycles. The van der Waals surface area contributed by atoms with Gasteiger partial charge in [-0.05, 0) is 38.0 Å². The summed E-state index contributed by atoms with van der Waals surface area (Å²) in [5.41, 5.74) is 1.06. The molecule has 92 valence electrons. The highest BCUT2D eigenvalue weighted by Crippen LogP contribution is 2.22. The van der Waals surface area contributed by atoms with Gasteiger partial charge in [-0.15, -0.1) is 0 Å². The molecule has 0 radical (unpaired) electrons. The number of carbonyl (C=O) groups excluding carboxylic acids is 2. The van der Waals surface area contributed by atoms with E-state index in [1.807, 2.05) is 19.9 Å². The fourth-order valence-corrected chi connectivity index (χ4v) is 2.26. The van der Waals surface area contributed by atoms with E-state index < -0.39 is 0 Å². The Morgan fingerprint density at radius 3 is 2.24 bits per heavy atom. The molecule has 0 saturated heterocycles. The standard InChI is InChI=1S/C14H17BrO2/c1-4-10(5-2)14(17)12-7-6-11(15)8-13(12)9(3)16/h6-8,10H,4-5H2,1-3H3. The van der Waals surface area contributed by atoms with Crippen LogP contribution in [0.2, 0.25) is 0 Å². The van der Waals surface area contributed by atoms with Crippen LogP contribution in [0.1, 0.15) is 54.3 Å². The molecule has 1 aromatic rings. The monoisotopic (exact) mass is 296 g/mol. The van der Waals surface area contributed by atoms with E-state index in [4.69, 9.17) is 0 Å². The van der Waals surface area contributed by atoms with Gasteiger partial charge in [0.2, 0.25) is 0 Å². The van der Waals surface area contributed by atoms with E-state index >= 15 is 0 Å². The summed E-state index contributed by atoms with van der Waals surface area (Å²) in [6, 6.07) is 5.27. The Morgan fingerprint density at radius 1 is 1.18 bits per heavy atom. The highest BCUT2D eigenvalue weighted by Gasteiger charge is 2.20. The molecule has 0 aromatic heterocycles. The lowest BCUT2D eigenvalue weighted by Crippen LogP contribution is -2.16. The van der Waals surface area contributed by atoms with Crippen molar-refractivity contribution in [2.24, 2.45) is 5.92 Å². The van der Waals surface area contributed by atoms with Gasteiger partial charge in [0.05, 0.1) is 0 Å². The smallest absolute Gasteiger partial charge is 0.166 e. The highest BCUT2D eigenvalue weighted by atomic mass is 79.9. The minimum absolute atomic E-state index is 0.00859. The Labute approximate surface area is 111 Å². The molecule has 0 fully saturated rings. The third-order valence-electron chi connectivity index (χ3n) is 2.98. The molecule has 2 nitrogen and oxygen atoms in total. The maximum absolute atomic E-state index is 12.3. The van der Waals surface area contributed by atoms with Crippen LogP contribution in [0.15, 0.2) is 22.7 Å². The van der Waals surface area contributed by atoms with Crippen molar-refractivity contribution >= 4 is 27.5 Å². The lowest BCUT2D eigenvalue weighted by atomic mass is 9.89. The SMILES string of the molecule is CCC(CC)C(=O)c1ccc(Br)cc1C(C)=O. The van der Waals surface area contributed by atoms with E-state index in [0.717, 1.165) is 17.3 Å². The van der Waals surface area contributed by atoms with Crippen molar-refractivity contribution in [1.82, 2.24) is 0 Å². The fourth-order valence-electron chi connectivity index (χ4n) is 1.90. The molecule has 0 spiro atoms. The van der Waals surface area contributed by atoms with Crippen LogP contribution in [0.4, 0.5) is 0 Å². The summed E-state index contributed by atoms with van der Waals surface area (Å²) in [4.78, 5) is 23.8. The molecule has 0 heterocycles. The predicted octanol–water partition coefficient (Wildman–Crippen LogP) is 4.27. The third-order valence-corrected chi connectivity index (χ3v) is 3.48. The van der Waals surface area contributed by atoms with Gasteiger partial charge in [0.25, 0.3) is 0 Å². The highest BCUT2D eigenvalue weighted by molar-refractivity contribution is 9.10. The first kappa shape index (κ1) is 14.1. The molecular formula is C14H17BrO2. The van der Waals surface area contributed by atoms with Crippen LogP contribution in [0, 0.1) is 5.92 Å². The van der Waals surface area contributed by atoms with Gasteiger partial charge >= 0.3 is 0 Å². The Morgan fingerprint density at radius 2 is 1.76 bits per heavy atom. The number of ketones is 2. The number of carbonyl (C=O) groups is 2. The summed E-state index contributed by atoms with van der Waals surface area (Å²) < 4.78 is 0.823. The van der Waals surface area contributed by atoms with E-state index in [1.165, 1.54) is 6.92 Å². The summed E-state index contributed by atoms with van der Waals surface area (Å²) in [6.07, 6.45) is 1.62. The van der Waals surface area contributed by atoms with Crippen molar-refractivity contribution < 1.29 is 9.59 Å². The van der Waals surface area contributed by atoms with Gasteiger partial charge in [-0.3, -0.25) is 9.59 Å². The van der Waals surface area contributed by atoms with E-state index in [2.05, 4.69) is 15.9 Å². The molecule has 0 N–H and O–H groups in total. The maximum Gasteiger partial charge on any atom is 0.166 e. The van der Waals surface area contributed by atoms with Crippen molar-refractivity contribution in [2.45, 2.75) is 33.6 Å². The van der Waals surface area contributed by atoms with Crippen LogP contribution in [-0.4, -0.2) is 11.6 Å². The van der Waals surface area contributed by atoms with Gasteiger partial charge in [-0.2, -0.15) is 0 Å². The van der Waals surface area contributed by atoms with Gasteiger partial charge < -0.3 is 0 Å². The number of rotatable bonds is 5. The molecule has 0 aliphatic rings. The second-order valence-corrected chi connectivity index (χ2v) is 5.04. The van der Waals surface area contributed by atoms with E-state index in [-0.39, 0.29) is 17.5 Å². The zero-order valence-corrected chi connectivity index (χ0v) is 12.0. The third kappa shape index (κ3) is 3.25. The minimum Gasteiger partial charge on any atom is -0.294 e. The molecule has 0 aliphatic carbocycles. The van der Waals surface area contributed by atoms with Crippen molar-refractivity contribution in [3.05, 3.63) is 33.8 Å². The van der Waals surface area contributed by atoms with Crippen LogP contribution >= 0.6 is 15.9 Å². The minimum atomic E-state index is -0.0689. The topological polar surface area (TPSA) is 34.1 Å². The van der Waals surface area contributed by atoms with Crippen LogP contribution in [0.25, 0.3) is 0 Å². The van der Waals surface area contributed by atoms with Gasteiger partial charge in [-0.1, -0.05) is 29.8 Å². The Balaban J connectivity index is 3.21. The normalized spacial score (nSPS) is 10.6. The van der Waals surface area contributed by atoms with Crippen LogP contribution in [0.5, 0.6) is 0 Å². The second kappa shape index (κ2) is 6.10. The van der Waals surface area contributed by atoms with Crippen molar-refractivity contribution in [3.8, 4) is 0 Å². The fraction of sp³-hybridized carbons (Fsp3) is 0.429. The van der Waals surface area contributed by atoms with Gasteiger partial charge in [0.1, 0.15) is 0 Å². The van der Waals surface area contributed by atoms with Crippen LogP contribution in [-0.2, 0) is 0 Å². The quantitative estimate of drug-likeness (QED) is 0.761. The molecule has 0 aliphatic heterocycles. The first-order valence-corrected chi connectivity index (χ1v) is 6.65. The summed E-state index contributed by atoms with van der Waals surface area (Å²) >= 11 is 3.32. The maximum atomic E-state index is 12.3. The Hall–Kier alpha value is -0.960. The van der Waals surface area contributed by atoms with Crippen molar-refractivity contribution in [1.29, 1.82) is 0 Å². The van der Waals surface area contributed by atoms with Crippen LogP contribution < -0.4 is 0 Å². The largest absolute Gasteiger partial charge is 0.294 e. The Kier molecular flexibility index (Phi) is 5.06. The number of Topliss-reactive ketones (excluding diaryl/α,β-unsaturated/α-hetero) is 2. The lowest BCUT2D eigenvalue weighted by molar-refractivity contribution is 0.0903. The summed E-state index contributed by atoms with van der Waals surface area (Å²) in [5.74, 6) is 0.0163. The van der Waals surface area contributed by atoms with E-state index in [1.54, 1.807) is 12.1 Å². The average Bonchev–Trinajstić information content (AvgIpc) is 2.30. The zero-order chi connectivity index (χ0) is 13.0. The molecule has 0 atom stereocenters. The van der Waals surface area contributed by atoms with E-state index in [9.17, 15) is 9.59 Å². The van der Waals surface area contributed by atoms with Gasteiger partial charge in [0.15, 0.2) is 11.6 Å². The van der Waals surface area contributed by atoms with Crippen molar-refractivity contribution in [3.63, 3.8) is 0 Å². The molecule has 3 heteroatoms. The molecule has 1 aromatic carbocycles. The molecule has 0 unspecified atom stereocenters. The predicted molar refractivity (Wildman–Crippen MR) is 72.5 cm³/mol. The molecule has 0 amide bonds. The van der Waals surface area contributed by atoms with Crippen LogP contribution in [0.3, 0.4) is 0 Å². The molecule has 1 rings (SSSR count). The lowest BCUT2D eigenvalue weighted by Gasteiger charge is -2.13. The first-order valence-electron chi connectivity index (χ1n) is 5.85. The van der Waals surface area contributed by atoms with Gasteiger partial charge in [0, 0.05) is 21.5 Å². The van der Waals surface area contributed by atoms with E-state index in [0.29, 0.717) is 11.1 Å². The second-order valence-electron chi connectivity index (χ2n) is 4.12. The summed E-state index contributed by atoms with van der Waals surface area (Å²) in [6.45, 7) is 5.49.